The fraction of sp³-hybridized carbons (Fsp3) is 0.467. The highest BCUT2D eigenvalue weighted by Crippen LogP contribution is 2.25. The van der Waals surface area contributed by atoms with Crippen LogP contribution in [-0.4, -0.2) is 45.4 Å². The first-order chi connectivity index (χ1) is 10.7. The largest absolute Gasteiger partial charge is 0.464 e. The lowest BCUT2D eigenvalue weighted by molar-refractivity contribution is 0.0580. The molecule has 0 saturated carbocycles. The van der Waals surface area contributed by atoms with Crippen LogP contribution in [0.3, 0.4) is 0 Å². The number of piperidine rings is 1. The van der Waals surface area contributed by atoms with Crippen molar-refractivity contribution in [1.82, 2.24) is 19.2 Å². The third-order valence-corrected chi connectivity index (χ3v) is 4.27. The maximum atomic E-state index is 11.8. The number of likely N-dealkylation sites (tertiary alicyclic amines) is 1. The molecule has 1 saturated heterocycles. The monoisotopic (exact) mass is 322 g/mol. The summed E-state index contributed by atoms with van der Waals surface area (Å²) >= 11 is 5.88. The minimum absolute atomic E-state index is 0.279. The summed E-state index contributed by atoms with van der Waals surface area (Å²) in [6, 6.07) is 4.04. The van der Waals surface area contributed by atoms with Crippen LogP contribution in [0.2, 0.25) is 5.02 Å². The van der Waals surface area contributed by atoms with Crippen molar-refractivity contribution in [1.29, 1.82) is 0 Å². The third-order valence-electron chi connectivity index (χ3n) is 4.07. The van der Waals surface area contributed by atoms with E-state index in [1.165, 1.54) is 7.11 Å². The van der Waals surface area contributed by atoms with Gasteiger partial charge in [-0.3, -0.25) is 9.58 Å². The first kappa shape index (κ1) is 15.1. The lowest BCUT2D eigenvalue weighted by Crippen LogP contribution is -2.36. The molecule has 0 unspecified atom stereocenters. The Morgan fingerprint density at radius 3 is 2.86 bits per heavy atom. The van der Waals surface area contributed by atoms with Crippen LogP contribution in [-0.2, 0) is 11.4 Å². The van der Waals surface area contributed by atoms with E-state index in [-0.39, 0.29) is 5.97 Å². The summed E-state index contributed by atoms with van der Waals surface area (Å²) in [5, 5.41) is 4.86. The maximum absolute atomic E-state index is 11.8. The molecular weight excluding hydrogens is 304 g/mol. The zero-order valence-corrected chi connectivity index (χ0v) is 13.2. The van der Waals surface area contributed by atoms with Crippen molar-refractivity contribution in [2.24, 2.45) is 0 Å². The van der Waals surface area contributed by atoms with Crippen LogP contribution in [0.5, 0.6) is 0 Å². The molecule has 0 spiro atoms. The Hall–Kier alpha value is -1.79. The highest BCUT2D eigenvalue weighted by Gasteiger charge is 2.23. The SMILES string of the molecule is COC(=O)c1cccn1C1CCN(Cn2cc(Cl)cn2)CC1. The maximum Gasteiger partial charge on any atom is 0.354 e. The quantitative estimate of drug-likeness (QED) is 0.811. The Bertz CT molecular complexity index is 644. The third kappa shape index (κ3) is 3.18. The highest BCUT2D eigenvalue weighted by molar-refractivity contribution is 6.30. The molecule has 7 heteroatoms. The molecule has 1 aliphatic rings. The Morgan fingerprint density at radius 1 is 1.45 bits per heavy atom. The van der Waals surface area contributed by atoms with E-state index in [0.29, 0.717) is 16.8 Å². The number of esters is 1. The normalized spacial score (nSPS) is 16.8. The van der Waals surface area contributed by atoms with Gasteiger partial charge in [-0.25, -0.2) is 4.79 Å². The van der Waals surface area contributed by atoms with Crippen molar-refractivity contribution >= 4 is 17.6 Å². The lowest BCUT2D eigenvalue weighted by Gasteiger charge is -2.33. The lowest BCUT2D eigenvalue weighted by atomic mass is 10.0. The molecule has 3 rings (SSSR count). The van der Waals surface area contributed by atoms with E-state index in [0.717, 1.165) is 32.6 Å². The van der Waals surface area contributed by atoms with Gasteiger partial charge in [-0.2, -0.15) is 5.10 Å². The van der Waals surface area contributed by atoms with E-state index in [4.69, 9.17) is 16.3 Å². The number of carbonyl (C=O) groups is 1. The molecule has 0 N–H and O–H groups in total. The molecule has 0 atom stereocenters. The molecule has 118 valence electrons. The average Bonchev–Trinajstić information content (AvgIpc) is 3.16. The number of rotatable bonds is 4. The Labute approximate surface area is 134 Å². The summed E-state index contributed by atoms with van der Waals surface area (Å²) in [4.78, 5) is 14.1. The van der Waals surface area contributed by atoms with Crippen molar-refractivity contribution in [2.45, 2.75) is 25.6 Å². The molecule has 0 aromatic carbocycles. The fourth-order valence-electron chi connectivity index (χ4n) is 2.95. The van der Waals surface area contributed by atoms with E-state index in [2.05, 4.69) is 10.00 Å². The van der Waals surface area contributed by atoms with Gasteiger partial charge in [0.05, 0.1) is 25.0 Å². The minimum atomic E-state index is -0.279. The Balaban J connectivity index is 1.60. The van der Waals surface area contributed by atoms with Gasteiger partial charge in [-0.1, -0.05) is 11.6 Å². The Kier molecular flexibility index (Phi) is 4.49. The molecule has 3 heterocycles. The first-order valence-corrected chi connectivity index (χ1v) is 7.70. The predicted molar refractivity (Wildman–Crippen MR) is 82.9 cm³/mol. The van der Waals surface area contributed by atoms with Crippen molar-refractivity contribution in [3.63, 3.8) is 0 Å². The second-order valence-corrected chi connectivity index (χ2v) is 5.92. The van der Waals surface area contributed by atoms with Crippen molar-refractivity contribution in [3.05, 3.63) is 41.4 Å². The topological polar surface area (TPSA) is 52.3 Å². The summed E-state index contributed by atoms with van der Waals surface area (Å²) in [6.07, 6.45) is 7.42. The molecule has 0 amide bonds. The molecule has 0 radical (unpaired) electrons. The molecule has 0 aliphatic carbocycles. The first-order valence-electron chi connectivity index (χ1n) is 7.33. The number of carbonyl (C=O) groups excluding carboxylic acids is 1. The van der Waals surface area contributed by atoms with Crippen LogP contribution >= 0.6 is 11.6 Å². The molecule has 1 aliphatic heterocycles. The molecule has 2 aromatic rings. The molecule has 2 aromatic heterocycles. The van der Waals surface area contributed by atoms with Crippen LogP contribution in [0.15, 0.2) is 30.7 Å². The summed E-state index contributed by atoms with van der Waals surface area (Å²) in [5.74, 6) is -0.279. The zero-order valence-electron chi connectivity index (χ0n) is 12.5. The molecular formula is C15H19ClN4O2. The van der Waals surface area contributed by atoms with Crippen molar-refractivity contribution in [2.75, 3.05) is 20.2 Å². The average molecular weight is 323 g/mol. The van der Waals surface area contributed by atoms with E-state index < -0.39 is 0 Å². The summed E-state index contributed by atoms with van der Waals surface area (Å²) in [5.41, 5.74) is 0.625. The number of hydrogen-bond donors (Lipinski definition) is 0. The number of hydrogen-bond acceptors (Lipinski definition) is 4. The van der Waals surface area contributed by atoms with Gasteiger partial charge in [0.25, 0.3) is 0 Å². The van der Waals surface area contributed by atoms with Gasteiger partial charge in [0.1, 0.15) is 5.69 Å². The zero-order chi connectivity index (χ0) is 15.5. The molecule has 1 fully saturated rings. The minimum Gasteiger partial charge on any atom is -0.464 e. The van der Waals surface area contributed by atoms with E-state index in [1.807, 2.05) is 33.8 Å². The van der Waals surface area contributed by atoms with Gasteiger partial charge in [-0.05, 0) is 25.0 Å². The van der Waals surface area contributed by atoms with Gasteiger partial charge >= 0.3 is 5.97 Å². The number of ether oxygens (including phenoxy) is 1. The van der Waals surface area contributed by atoms with Gasteiger partial charge in [-0.15, -0.1) is 0 Å². The Morgan fingerprint density at radius 2 is 2.23 bits per heavy atom. The van der Waals surface area contributed by atoms with Gasteiger partial charge in [0.2, 0.25) is 0 Å². The standard InChI is InChI=1S/C15H19ClN4O2/c1-22-15(21)14-3-2-6-20(14)13-4-7-18(8-5-13)11-19-10-12(16)9-17-19/h2-3,6,9-10,13H,4-5,7-8,11H2,1H3. The predicted octanol–water partition coefficient (Wildman–Crippen LogP) is 2.42. The molecule has 6 nitrogen and oxygen atoms in total. The van der Waals surface area contributed by atoms with Crippen LogP contribution in [0.4, 0.5) is 0 Å². The van der Waals surface area contributed by atoms with Crippen molar-refractivity contribution in [3.8, 4) is 0 Å². The van der Waals surface area contributed by atoms with E-state index in [9.17, 15) is 4.79 Å². The second kappa shape index (κ2) is 6.54. The number of nitrogens with zero attached hydrogens (tertiary/aromatic N) is 4. The second-order valence-electron chi connectivity index (χ2n) is 5.48. The summed E-state index contributed by atoms with van der Waals surface area (Å²) in [7, 11) is 1.41. The summed E-state index contributed by atoms with van der Waals surface area (Å²) in [6.45, 7) is 2.66. The number of methoxy groups -OCH3 is 1. The van der Waals surface area contributed by atoms with Crippen LogP contribution < -0.4 is 0 Å². The van der Waals surface area contributed by atoms with Gasteiger partial charge in [0, 0.05) is 31.5 Å². The molecule has 0 bridgehead atoms. The molecule has 22 heavy (non-hydrogen) atoms. The van der Waals surface area contributed by atoms with Crippen molar-refractivity contribution < 1.29 is 9.53 Å². The van der Waals surface area contributed by atoms with Crippen LogP contribution in [0.25, 0.3) is 0 Å². The van der Waals surface area contributed by atoms with Gasteiger partial charge in [0.15, 0.2) is 0 Å². The number of halogens is 1. The van der Waals surface area contributed by atoms with Crippen LogP contribution in [0.1, 0.15) is 29.4 Å². The van der Waals surface area contributed by atoms with E-state index in [1.54, 1.807) is 6.20 Å². The smallest absolute Gasteiger partial charge is 0.354 e. The van der Waals surface area contributed by atoms with E-state index >= 15 is 0 Å². The van der Waals surface area contributed by atoms with Crippen LogP contribution in [0, 0.1) is 0 Å². The highest BCUT2D eigenvalue weighted by atomic mass is 35.5. The summed E-state index contributed by atoms with van der Waals surface area (Å²) < 4.78 is 8.72. The fourth-order valence-corrected chi connectivity index (χ4v) is 3.11. The number of aromatic nitrogens is 3. The van der Waals surface area contributed by atoms with Gasteiger partial charge < -0.3 is 9.30 Å².